The zero-order chi connectivity index (χ0) is 11.4. The lowest BCUT2D eigenvalue weighted by Gasteiger charge is -2.07. The van der Waals surface area contributed by atoms with E-state index in [0.717, 1.165) is 11.5 Å². The highest BCUT2D eigenvalue weighted by atomic mass is 32.1. The molecule has 0 saturated heterocycles. The van der Waals surface area contributed by atoms with Crippen LogP contribution in [0.5, 0.6) is 5.75 Å². The summed E-state index contributed by atoms with van der Waals surface area (Å²) in [4.78, 5) is 12.6. The number of hydrogen-bond acceptors (Lipinski definition) is 5. The summed E-state index contributed by atoms with van der Waals surface area (Å²) in [6.45, 7) is 2.42. The van der Waals surface area contributed by atoms with Gasteiger partial charge in [0.1, 0.15) is 10.6 Å². The maximum Gasteiger partial charge on any atom is 0.209 e. The maximum atomic E-state index is 12.1. The van der Waals surface area contributed by atoms with Gasteiger partial charge in [-0.3, -0.25) is 4.79 Å². The van der Waals surface area contributed by atoms with Crippen LogP contribution in [0.1, 0.15) is 22.2 Å². The number of para-hydroxylation sites is 1. The Kier molecular flexibility index (Phi) is 3.26. The van der Waals surface area contributed by atoms with Crippen molar-refractivity contribution in [3.8, 4) is 5.75 Å². The highest BCUT2D eigenvalue weighted by Gasteiger charge is 2.15. The second-order valence-electron chi connectivity index (χ2n) is 3.04. The molecule has 0 N–H and O–H groups in total. The molecule has 2 rings (SSSR count). The van der Waals surface area contributed by atoms with Gasteiger partial charge in [0, 0.05) is 0 Å². The van der Waals surface area contributed by atoms with Crippen molar-refractivity contribution in [3.05, 3.63) is 40.9 Å². The molecule has 0 amide bonds. The molecule has 0 unspecified atom stereocenters. The van der Waals surface area contributed by atoms with Crippen LogP contribution in [0.2, 0.25) is 0 Å². The van der Waals surface area contributed by atoms with Gasteiger partial charge in [0.15, 0.2) is 0 Å². The van der Waals surface area contributed by atoms with E-state index in [1.165, 1.54) is 6.20 Å². The normalized spacial score (nSPS) is 10.1. The van der Waals surface area contributed by atoms with Crippen LogP contribution in [0.25, 0.3) is 0 Å². The molecule has 0 radical (unpaired) electrons. The third-order valence-electron chi connectivity index (χ3n) is 2.02. The molecule has 0 aliphatic carbocycles. The average molecular weight is 234 g/mol. The molecule has 0 bridgehead atoms. The summed E-state index contributed by atoms with van der Waals surface area (Å²) in [6.07, 6.45) is 1.47. The highest BCUT2D eigenvalue weighted by Crippen LogP contribution is 2.22. The summed E-state index contributed by atoms with van der Waals surface area (Å²) in [5, 5.41) is 3.65. The van der Waals surface area contributed by atoms with Gasteiger partial charge in [0.25, 0.3) is 0 Å². The van der Waals surface area contributed by atoms with E-state index in [1.807, 2.05) is 19.1 Å². The summed E-state index contributed by atoms with van der Waals surface area (Å²) < 4.78 is 9.07. The van der Waals surface area contributed by atoms with Crippen LogP contribution >= 0.6 is 11.5 Å². The zero-order valence-electron chi connectivity index (χ0n) is 8.71. The SMILES string of the molecule is CCOc1ccccc1C(=O)c1cnns1. The quantitative estimate of drug-likeness (QED) is 0.761. The first-order valence-corrected chi connectivity index (χ1v) is 5.64. The highest BCUT2D eigenvalue weighted by molar-refractivity contribution is 7.08. The summed E-state index contributed by atoms with van der Waals surface area (Å²) >= 11 is 1.09. The number of hydrogen-bond donors (Lipinski definition) is 0. The standard InChI is InChI=1S/C11H10N2O2S/c1-2-15-9-6-4-3-5-8(9)11(14)10-7-12-13-16-10/h3-7H,2H2,1H3. The van der Waals surface area contributed by atoms with Gasteiger partial charge in [-0.25, -0.2) is 0 Å². The van der Waals surface area contributed by atoms with Crippen molar-refractivity contribution in [2.75, 3.05) is 6.61 Å². The van der Waals surface area contributed by atoms with Crippen molar-refractivity contribution in [1.29, 1.82) is 0 Å². The van der Waals surface area contributed by atoms with Crippen LogP contribution in [0.15, 0.2) is 30.5 Å². The number of aromatic nitrogens is 2. The lowest BCUT2D eigenvalue weighted by atomic mass is 10.1. The van der Waals surface area contributed by atoms with E-state index in [9.17, 15) is 4.79 Å². The molecule has 0 aliphatic heterocycles. The smallest absolute Gasteiger partial charge is 0.209 e. The molecule has 0 fully saturated rings. The van der Waals surface area contributed by atoms with Crippen molar-refractivity contribution < 1.29 is 9.53 Å². The molecule has 0 aliphatic rings. The van der Waals surface area contributed by atoms with E-state index in [0.29, 0.717) is 22.8 Å². The van der Waals surface area contributed by atoms with E-state index in [2.05, 4.69) is 9.59 Å². The minimum absolute atomic E-state index is 0.0981. The van der Waals surface area contributed by atoms with Crippen molar-refractivity contribution in [3.63, 3.8) is 0 Å². The Balaban J connectivity index is 2.36. The molecule has 2 aromatic rings. The first-order chi connectivity index (χ1) is 7.83. The monoisotopic (exact) mass is 234 g/mol. The van der Waals surface area contributed by atoms with E-state index >= 15 is 0 Å². The fourth-order valence-corrected chi connectivity index (χ4v) is 1.80. The number of ketones is 1. The second-order valence-corrected chi connectivity index (χ2v) is 3.83. The van der Waals surface area contributed by atoms with E-state index in [4.69, 9.17) is 4.74 Å². The number of carbonyl (C=O) groups excluding carboxylic acids is 1. The fourth-order valence-electron chi connectivity index (χ4n) is 1.34. The minimum Gasteiger partial charge on any atom is -0.493 e. The fraction of sp³-hybridized carbons (Fsp3) is 0.182. The molecule has 1 aromatic heterocycles. The Morgan fingerprint density at radius 2 is 2.25 bits per heavy atom. The molecule has 5 heteroatoms. The second kappa shape index (κ2) is 4.85. The van der Waals surface area contributed by atoms with Crippen LogP contribution < -0.4 is 4.74 Å². The molecule has 0 saturated carbocycles. The Labute approximate surface area is 97.0 Å². The number of benzene rings is 1. The van der Waals surface area contributed by atoms with E-state index in [-0.39, 0.29) is 5.78 Å². The number of carbonyl (C=O) groups is 1. The zero-order valence-corrected chi connectivity index (χ0v) is 9.53. The molecule has 82 valence electrons. The molecular formula is C11H10N2O2S. The van der Waals surface area contributed by atoms with E-state index < -0.39 is 0 Å². The van der Waals surface area contributed by atoms with E-state index in [1.54, 1.807) is 12.1 Å². The Morgan fingerprint density at radius 1 is 1.44 bits per heavy atom. The van der Waals surface area contributed by atoms with Crippen LogP contribution in [0, 0.1) is 0 Å². The third-order valence-corrected chi connectivity index (χ3v) is 2.68. The topological polar surface area (TPSA) is 52.1 Å². The molecule has 1 heterocycles. The lowest BCUT2D eigenvalue weighted by molar-refractivity contribution is 0.103. The van der Waals surface area contributed by atoms with Gasteiger partial charge in [0.2, 0.25) is 5.78 Å². The molecule has 0 atom stereocenters. The lowest BCUT2D eigenvalue weighted by Crippen LogP contribution is -2.03. The molecule has 4 nitrogen and oxygen atoms in total. The Bertz CT molecular complexity index is 482. The van der Waals surface area contributed by atoms with Gasteiger partial charge in [0.05, 0.1) is 18.4 Å². The molecule has 1 aromatic carbocycles. The van der Waals surface area contributed by atoms with Gasteiger partial charge < -0.3 is 4.74 Å². The first kappa shape index (κ1) is 10.8. The molecule has 0 spiro atoms. The van der Waals surface area contributed by atoms with Gasteiger partial charge >= 0.3 is 0 Å². The van der Waals surface area contributed by atoms with Crippen LogP contribution in [-0.2, 0) is 0 Å². The van der Waals surface area contributed by atoms with Crippen molar-refractivity contribution in [2.24, 2.45) is 0 Å². The number of nitrogens with zero attached hydrogens (tertiary/aromatic N) is 2. The van der Waals surface area contributed by atoms with Crippen LogP contribution in [-0.4, -0.2) is 22.0 Å². The summed E-state index contributed by atoms with van der Waals surface area (Å²) in [5.74, 6) is 0.502. The summed E-state index contributed by atoms with van der Waals surface area (Å²) in [6, 6.07) is 7.18. The van der Waals surface area contributed by atoms with Crippen molar-refractivity contribution in [2.45, 2.75) is 6.92 Å². The molecular weight excluding hydrogens is 224 g/mol. The van der Waals surface area contributed by atoms with Gasteiger partial charge in [-0.1, -0.05) is 16.6 Å². The predicted octanol–water partition coefficient (Wildman–Crippen LogP) is 2.17. The summed E-state index contributed by atoms with van der Waals surface area (Å²) in [7, 11) is 0. The minimum atomic E-state index is -0.0981. The maximum absolute atomic E-state index is 12.1. The first-order valence-electron chi connectivity index (χ1n) is 4.86. The van der Waals surface area contributed by atoms with Gasteiger partial charge in [-0.15, -0.1) is 5.10 Å². The third kappa shape index (κ3) is 2.09. The van der Waals surface area contributed by atoms with Crippen LogP contribution in [0.4, 0.5) is 0 Å². The van der Waals surface area contributed by atoms with Gasteiger partial charge in [-0.05, 0) is 30.6 Å². The summed E-state index contributed by atoms with van der Waals surface area (Å²) in [5.41, 5.74) is 0.551. The van der Waals surface area contributed by atoms with Crippen molar-refractivity contribution in [1.82, 2.24) is 9.59 Å². The number of rotatable bonds is 4. The Morgan fingerprint density at radius 3 is 2.94 bits per heavy atom. The predicted molar refractivity (Wildman–Crippen MR) is 61.0 cm³/mol. The molecule has 16 heavy (non-hydrogen) atoms. The largest absolute Gasteiger partial charge is 0.493 e. The van der Waals surface area contributed by atoms with Crippen LogP contribution in [0.3, 0.4) is 0 Å². The number of ether oxygens (including phenoxy) is 1. The average Bonchev–Trinajstić information content (AvgIpc) is 2.83. The van der Waals surface area contributed by atoms with Crippen molar-refractivity contribution >= 4 is 17.3 Å². The van der Waals surface area contributed by atoms with Gasteiger partial charge in [-0.2, -0.15) is 0 Å². The Hall–Kier alpha value is -1.75.